The summed E-state index contributed by atoms with van der Waals surface area (Å²) in [5.41, 5.74) is 0.268. The van der Waals surface area contributed by atoms with Crippen molar-refractivity contribution in [1.29, 1.82) is 5.26 Å². The van der Waals surface area contributed by atoms with E-state index in [1.165, 1.54) is 37.8 Å². The maximum absolute atomic E-state index is 13.9. The van der Waals surface area contributed by atoms with Crippen molar-refractivity contribution in [3.05, 3.63) is 34.9 Å². The van der Waals surface area contributed by atoms with Gasteiger partial charge in [-0.05, 0) is 85.8 Å². The molecule has 136 valence electrons. The fourth-order valence-corrected chi connectivity index (χ4v) is 5.11. The quantitative estimate of drug-likeness (QED) is 0.607. The molecular formula is C22H29F2N. The Morgan fingerprint density at radius 3 is 1.88 bits per heavy atom. The topological polar surface area (TPSA) is 23.8 Å². The van der Waals surface area contributed by atoms with Gasteiger partial charge >= 0.3 is 0 Å². The molecule has 0 N–H and O–H groups in total. The van der Waals surface area contributed by atoms with Crippen LogP contribution in [0.3, 0.4) is 0 Å². The number of halogens is 2. The molecule has 0 heterocycles. The van der Waals surface area contributed by atoms with Gasteiger partial charge in [-0.1, -0.05) is 26.7 Å². The molecule has 2 saturated carbocycles. The molecule has 2 aliphatic carbocycles. The van der Waals surface area contributed by atoms with Crippen LogP contribution in [0.1, 0.15) is 82.3 Å². The lowest BCUT2D eigenvalue weighted by Gasteiger charge is -2.38. The second-order valence-corrected chi connectivity index (χ2v) is 8.46. The minimum Gasteiger partial charge on any atom is -0.205 e. The van der Waals surface area contributed by atoms with E-state index in [0.717, 1.165) is 54.9 Å². The summed E-state index contributed by atoms with van der Waals surface area (Å²) < 4.78 is 27.8. The van der Waals surface area contributed by atoms with Crippen LogP contribution in [-0.4, -0.2) is 0 Å². The summed E-state index contributed by atoms with van der Waals surface area (Å²) in [5.74, 6) is 2.06. The van der Waals surface area contributed by atoms with Crippen molar-refractivity contribution in [2.45, 2.75) is 71.1 Å². The number of benzene rings is 1. The lowest BCUT2D eigenvalue weighted by molar-refractivity contribution is 0.138. The van der Waals surface area contributed by atoms with Crippen molar-refractivity contribution in [3.63, 3.8) is 0 Å². The first-order valence-corrected chi connectivity index (χ1v) is 9.88. The zero-order chi connectivity index (χ0) is 18.0. The van der Waals surface area contributed by atoms with Gasteiger partial charge < -0.3 is 0 Å². The standard InChI is InChI=1S/C22H29F2N/c1-14-3-5-16(6-4-14)15(2)17-7-9-18(10-8-17)19-11-21(23)20(13-25)22(24)12-19/h11-12,14-18H,3-10H2,1-2H3. The summed E-state index contributed by atoms with van der Waals surface area (Å²) in [6.45, 7) is 4.79. The molecule has 0 aromatic heterocycles. The Balaban J connectivity index is 1.59. The smallest absolute Gasteiger partial charge is 0.144 e. The van der Waals surface area contributed by atoms with E-state index >= 15 is 0 Å². The molecule has 0 radical (unpaired) electrons. The number of rotatable bonds is 3. The van der Waals surface area contributed by atoms with E-state index in [2.05, 4.69) is 13.8 Å². The van der Waals surface area contributed by atoms with Crippen molar-refractivity contribution >= 4 is 0 Å². The van der Waals surface area contributed by atoms with E-state index in [-0.39, 0.29) is 5.92 Å². The van der Waals surface area contributed by atoms with Crippen LogP contribution < -0.4 is 0 Å². The molecule has 1 aromatic rings. The van der Waals surface area contributed by atoms with Gasteiger partial charge in [0.2, 0.25) is 0 Å². The fraction of sp³-hybridized carbons (Fsp3) is 0.682. The van der Waals surface area contributed by atoms with E-state index in [9.17, 15) is 8.78 Å². The highest BCUT2D eigenvalue weighted by Crippen LogP contribution is 2.44. The molecular weight excluding hydrogens is 316 g/mol. The maximum atomic E-state index is 13.9. The lowest BCUT2D eigenvalue weighted by atomic mass is 9.67. The summed E-state index contributed by atoms with van der Waals surface area (Å²) >= 11 is 0. The first kappa shape index (κ1) is 18.4. The number of nitriles is 1. The molecule has 1 aromatic carbocycles. The second kappa shape index (κ2) is 7.85. The van der Waals surface area contributed by atoms with Gasteiger partial charge in [-0.25, -0.2) is 8.78 Å². The Kier molecular flexibility index (Phi) is 5.77. The molecule has 1 nitrogen and oxygen atoms in total. The van der Waals surface area contributed by atoms with Crippen LogP contribution in [0.2, 0.25) is 0 Å². The van der Waals surface area contributed by atoms with Crippen molar-refractivity contribution in [3.8, 4) is 6.07 Å². The first-order chi connectivity index (χ1) is 12.0. The van der Waals surface area contributed by atoms with Crippen molar-refractivity contribution in [2.24, 2.45) is 23.7 Å². The molecule has 3 rings (SSSR count). The van der Waals surface area contributed by atoms with Gasteiger partial charge in [-0.3, -0.25) is 0 Å². The summed E-state index contributed by atoms with van der Waals surface area (Å²) in [7, 11) is 0. The molecule has 1 atom stereocenters. The van der Waals surface area contributed by atoms with Gasteiger partial charge in [0.1, 0.15) is 23.3 Å². The molecule has 2 aliphatic rings. The Bertz CT molecular complexity index is 609. The average Bonchev–Trinajstić information content (AvgIpc) is 2.61. The van der Waals surface area contributed by atoms with E-state index in [4.69, 9.17) is 5.26 Å². The zero-order valence-corrected chi connectivity index (χ0v) is 15.4. The Labute approximate surface area is 150 Å². The van der Waals surface area contributed by atoms with E-state index in [0.29, 0.717) is 0 Å². The molecule has 0 bridgehead atoms. The molecule has 1 unspecified atom stereocenters. The summed E-state index contributed by atoms with van der Waals surface area (Å²) in [6.07, 6.45) is 9.79. The zero-order valence-electron chi connectivity index (χ0n) is 15.4. The molecule has 0 spiro atoms. The van der Waals surface area contributed by atoms with E-state index in [1.54, 1.807) is 6.07 Å². The third-order valence-electron chi connectivity index (χ3n) is 6.97. The highest BCUT2D eigenvalue weighted by molar-refractivity contribution is 5.36. The summed E-state index contributed by atoms with van der Waals surface area (Å²) in [5, 5.41) is 8.81. The number of nitrogens with zero attached hydrogens (tertiary/aromatic N) is 1. The molecule has 0 aliphatic heterocycles. The highest BCUT2D eigenvalue weighted by Gasteiger charge is 2.32. The van der Waals surface area contributed by atoms with Gasteiger partial charge in [0, 0.05) is 0 Å². The molecule has 3 heteroatoms. The molecule has 2 fully saturated rings. The highest BCUT2D eigenvalue weighted by atomic mass is 19.1. The number of hydrogen-bond donors (Lipinski definition) is 0. The van der Waals surface area contributed by atoms with Gasteiger partial charge in [0.25, 0.3) is 0 Å². The first-order valence-electron chi connectivity index (χ1n) is 9.88. The van der Waals surface area contributed by atoms with Crippen molar-refractivity contribution in [2.75, 3.05) is 0 Å². The van der Waals surface area contributed by atoms with Crippen LogP contribution in [0.25, 0.3) is 0 Å². The molecule has 25 heavy (non-hydrogen) atoms. The van der Waals surface area contributed by atoms with Crippen LogP contribution in [0.4, 0.5) is 8.78 Å². The Morgan fingerprint density at radius 2 is 1.40 bits per heavy atom. The van der Waals surface area contributed by atoms with Gasteiger partial charge in [0.15, 0.2) is 0 Å². The van der Waals surface area contributed by atoms with Crippen LogP contribution in [0, 0.1) is 46.6 Å². The van der Waals surface area contributed by atoms with Crippen LogP contribution in [0.5, 0.6) is 0 Å². The third kappa shape index (κ3) is 4.05. The minimum absolute atomic E-state index is 0.228. The Hall–Kier alpha value is -1.43. The van der Waals surface area contributed by atoms with Gasteiger partial charge in [-0.2, -0.15) is 5.26 Å². The van der Waals surface area contributed by atoms with Gasteiger partial charge in [-0.15, -0.1) is 0 Å². The maximum Gasteiger partial charge on any atom is 0.144 e. The predicted molar refractivity (Wildman–Crippen MR) is 96.1 cm³/mol. The largest absolute Gasteiger partial charge is 0.205 e. The monoisotopic (exact) mass is 345 g/mol. The third-order valence-corrected chi connectivity index (χ3v) is 6.97. The summed E-state index contributed by atoms with van der Waals surface area (Å²) in [4.78, 5) is 0. The number of hydrogen-bond acceptors (Lipinski definition) is 1. The van der Waals surface area contributed by atoms with Gasteiger partial charge in [0.05, 0.1) is 0 Å². The SMILES string of the molecule is CC1CCC(C(C)C2CCC(c3cc(F)c(C#N)c(F)c3)CC2)CC1. The average molecular weight is 345 g/mol. The van der Waals surface area contributed by atoms with Crippen LogP contribution in [-0.2, 0) is 0 Å². The molecule has 0 amide bonds. The summed E-state index contributed by atoms with van der Waals surface area (Å²) in [6, 6.07) is 4.35. The van der Waals surface area contributed by atoms with Crippen LogP contribution >= 0.6 is 0 Å². The predicted octanol–water partition coefficient (Wildman–Crippen LogP) is 6.57. The molecule has 0 saturated heterocycles. The fourth-order valence-electron chi connectivity index (χ4n) is 5.11. The van der Waals surface area contributed by atoms with E-state index in [1.807, 2.05) is 0 Å². The van der Waals surface area contributed by atoms with Crippen molar-refractivity contribution < 1.29 is 8.78 Å². The second-order valence-electron chi connectivity index (χ2n) is 8.46. The van der Waals surface area contributed by atoms with Crippen molar-refractivity contribution in [1.82, 2.24) is 0 Å². The van der Waals surface area contributed by atoms with Crippen LogP contribution in [0.15, 0.2) is 12.1 Å². The minimum atomic E-state index is -0.718. The lowest BCUT2D eigenvalue weighted by Crippen LogP contribution is -2.27. The van der Waals surface area contributed by atoms with E-state index < -0.39 is 17.2 Å². The normalized spacial score (nSPS) is 31.3. The Morgan fingerprint density at radius 1 is 0.920 bits per heavy atom.